The summed E-state index contributed by atoms with van der Waals surface area (Å²) < 4.78 is 12.3. The Hall–Kier alpha value is -2.82. The third kappa shape index (κ3) is 2.86. The van der Waals surface area contributed by atoms with Gasteiger partial charge in [0, 0.05) is 25.9 Å². The van der Waals surface area contributed by atoms with Crippen LogP contribution in [0.3, 0.4) is 0 Å². The molecule has 2 aromatic carbocycles. The van der Waals surface area contributed by atoms with Gasteiger partial charge in [0.25, 0.3) is 6.01 Å². The Morgan fingerprint density at radius 3 is 2.68 bits per heavy atom. The lowest BCUT2D eigenvalue weighted by atomic mass is 9.82. The fourth-order valence-corrected chi connectivity index (χ4v) is 4.25. The highest BCUT2D eigenvalue weighted by Crippen LogP contribution is 2.40. The van der Waals surface area contributed by atoms with Crippen LogP contribution in [-0.2, 0) is 0 Å². The van der Waals surface area contributed by atoms with Crippen molar-refractivity contribution in [2.45, 2.75) is 44.6 Å². The van der Waals surface area contributed by atoms with Gasteiger partial charge in [0.15, 0.2) is 11.4 Å². The zero-order chi connectivity index (χ0) is 19.3. The first-order chi connectivity index (χ1) is 13.5. The van der Waals surface area contributed by atoms with Crippen molar-refractivity contribution in [3.8, 4) is 5.75 Å². The number of para-hydroxylation sites is 1. The van der Waals surface area contributed by atoms with Crippen LogP contribution in [0.2, 0.25) is 0 Å². The number of carbonyl (C=O) groups is 1. The Morgan fingerprint density at radius 1 is 1.11 bits per heavy atom. The molecule has 28 heavy (non-hydrogen) atoms. The van der Waals surface area contributed by atoms with E-state index < -0.39 is 5.60 Å². The average molecular weight is 376 g/mol. The number of fused-ring (bicyclic) bond motifs is 2. The number of oxazole rings is 1. The topological polar surface area (TPSA) is 55.6 Å². The molecule has 0 amide bonds. The monoisotopic (exact) mass is 376 g/mol. The van der Waals surface area contributed by atoms with Crippen molar-refractivity contribution in [3.63, 3.8) is 0 Å². The second-order valence-electron chi connectivity index (χ2n) is 8.25. The van der Waals surface area contributed by atoms with Crippen LogP contribution >= 0.6 is 0 Å². The van der Waals surface area contributed by atoms with E-state index in [4.69, 9.17) is 14.1 Å². The highest BCUT2D eigenvalue weighted by Gasteiger charge is 2.43. The smallest absolute Gasteiger partial charge is 0.298 e. The third-order valence-electron chi connectivity index (χ3n) is 6.01. The van der Waals surface area contributed by atoms with E-state index in [-0.39, 0.29) is 5.78 Å². The largest absolute Gasteiger partial charge is 0.486 e. The standard InChI is InChI=1S/C23H24N2O3/c1-15(2)16-7-8-21-18(13-16)24-22(27-21)25-11-9-23(10-12-25)14-19(26)17-5-3-4-6-20(17)28-23/h3-8,13,15H,9-12,14H2,1-2H3. The molecular weight excluding hydrogens is 352 g/mol. The summed E-state index contributed by atoms with van der Waals surface area (Å²) in [6.07, 6.45) is 2.01. The van der Waals surface area contributed by atoms with Crippen LogP contribution in [-0.4, -0.2) is 29.5 Å². The number of hydrogen-bond donors (Lipinski definition) is 0. The predicted molar refractivity (Wildman–Crippen MR) is 108 cm³/mol. The first-order valence-electron chi connectivity index (χ1n) is 10.00. The molecule has 0 atom stereocenters. The van der Waals surface area contributed by atoms with Crippen molar-refractivity contribution in [3.05, 3.63) is 53.6 Å². The molecule has 5 rings (SSSR count). The maximum Gasteiger partial charge on any atom is 0.298 e. The molecule has 0 saturated carbocycles. The van der Waals surface area contributed by atoms with Crippen molar-refractivity contribution in [2.75, 3.05) is 18.0 Å². The minimum absolute atomic E-state index is 0.179. The summed E-state index contributed by atoms with van der Waals surface area (Å²) in [6, 6.07) is 14.4. The van der Waals surface area contributed by atoms with Crippen LogP contribution < -0.4 is 9.64 Å². The van der Waals surface area contributed by atoms with Gasteiger partial charge in [-0.2, -0.15) is 4.98 Å². The van der Waals surface area contributed by atoms with Crippen molar-refractivity contribution in [1.82, 2.24) is 4.98 Å². The second kappa shape index (κ2) is 6.36. The predicted octanol–water partition coefficient (Wildman–Crippen LogP) is 4.96. The molecule has 3 heterocycles. The van der Waals surface area contributed by atoms with Gasteiger partial charge in [-0.1, -0.05) is 32.0 Å². The number of hydrogen-bond acceptors (Lipinski definition) is 5. The fraction of sp³-hybridized carbons (Fsp3) is 0.391. The van der Waals surface area contributed by atoms with Gasteiger partial charge in [-0.05, 0) is 35.7 Å². The number of ketones is 1. The minimum atomic E-state index is -0.404. The second-order valence-corrected chi connectivity index (χ2v) is 8.25. The highest BCUT2D eigenvalue weighted by atomic mass is 16.5. The van der Waals surface area contributed by atoms with Gasteiger partial charge >= 0.3 is 0 Å². The van der Waals surface area contributed by atoms with Gasteiger partial charge in [-0.15, -0.1) is 0 Å². The summed E-state index contributed by atoms with van der Waals surface area (Å²) in [5.41, 5.74) is 3.28. The van der Waals surface area contributed by atoms with Crippen molar-refractivity contribution >= 4 is 22.9 Å². The summed E-state index contributed by atoms with van der Waals surface area (Å²) in [4.78, 5) is 19.5. The van der Waals surface area contributed by atoms with Gasteiger partial charge in [0.2, 0.25) is 0 Å². The van der Waals surface area contributed by atoms with Gasteiger partial charge in [0.05, 0.1) is 12.0 Å². The van der Waals surface area contributed by atoms with Crippen molar-refractivity contribution < 1.29 is 13.9 Å². The number of piperidine rings is 1. The highest BCUT2D eigenvalue weighted by molar-refractivity contribution is 6.00. The lowest BCUT2D eigenvalue weighted by Crippen LogP contribution is -2.51. The molecule has 0 aliphatic carbocycles. The van der Waals surface area contributed by atoms with E-state index in [2.05, 4.69) is 30.9 Å². The van der Waals surface area contributed by atoms with Crippen LogP contribution in [0.5, 0.6) is 5.75 Å². The molecule has 1 spiro atoms. The van der Waals surface area contributed by atoms with Crippen LogP contribution in [0.15, 0.2) is 46.9 Å². The summed E-state index contributed by atoms with van der Waals surface area (Å²) in [6.45, 7) is 5.88. The fourth-order valence-electron chi connectivity index (χ4n) is 4.25. The molecule has 2 aliphatic heterocycles. The number of benzene rings is 2. The van der Waals surface area contributed by atoms with Crippen LogP contribution in [0.4, 0.5) is 6.01 Å². The molecule has 144 valence electrons. The summed E-state index contributed by atoms with van der Waals surface area (Å²) in [5, 5.41) is 0. The molecule has 1 aromatic heterocycles. The molecule has 1 fully saturated rings. The van der Waals surface area contributed by atoms with E-state index in [1.807, 2.05) is 30.3 Å². The number of anilines is 1. The Labute approximate surface area is 164 Å². The molecule has 1 saturated heterocycles. The maximum atomic E-state index is 12.6. The van der Waals surface area contributed by atoms with E-state index >= 15 is 0 Å². The quantitative estimate of drug-likeness (QED) is 0.633. The Bertz CT molecular complexity index is 1040. The number of carbonyl (C=O) groups excluding carboxylic acids is 1. The van der Waals surface area contributed by atoms with E-state index in [0.29, 0.717) is 23.9 Å². The molecule has 5 nitrogen and oxygen atoms in total. The molecule has 0 radical (unpaired) electrons. The van der Waals surface area contributed by atoms with Gasteiger partial charge in [-0.25, -0.2) is 0 Å². The summed E-state index contributed by atoms with van der Waals surface area (Å²) in [7, 11) is 0. The SMILES string of the molecule is CC(C)c1ccc2oc(N3CCC4(CC3)CC(=O)c3ccccc3O4)nc2c1. The summed E-state index contributed by atoms with van der Waals surface area (Å²) >= 11 is 0. The normalized spacial score (nSPS) is 18.5. The van der Waals surface area contributed by atoms with Crippen LogP contribution in [0, 0.1) is 0 Å². The van der Waals surface area contributed by atoms with Crippen LogP contribution in [0.25, 0.3) is 11.1 Å². The zero-order valence-electron chi connectivity index (χ0n) is 16.3. The zero-order valence-corrected chi connectivity index (χ0v) is 16.3. The van der Waals surface area contributed by atoms with Gasteiger partial charge in [-0.3, -0.25) is 4.79 Å². The minimum Gasteiger partial charge on any atom is -0.486 e. The number of rotatable bonds is 2. The molecular formula is C23H24N2O3. The lowest BCUT2D eigenvalue weighted by molar-refractivity contribution is 0.0227. The maximum absolute atomic E-state index is 12.6. The van der Waals surface area contributed by atoms with E-state index in [1.165, 1.54) is 5.56 Å². The van der Waals surface area contributed by atoms with Gasteiger partial charge in [0.1, 0.15) is 16.9 Å². The van der Waals surface area contributed by atoms with Gasteiger partial charge < -0.3 is 14.1 Å². The molecule has 3 aromatic rings. The molecule has 0 bridgehead atoms. The lowest BCUT2D eigenvalue weighted by Gasteiger charge is -2.43. The number of Topliss-reactive ketones (excluding diaryl/α,β-unsaturated/α-hetero) is 1. The number of ether oxygens (including phenoxy) is 1. The molecule has 0 unspecified atom stereocenters. The summed E-state index contributed by atoms with van der Waals surface area (Å²) in [5.74, 6) is 1.36. The Morgan fingerprint density at radius 2 is 1.89 bits per heavy atom. The first kappa shape index (κ1) is 17.3. The van der Waals surface area contributed by atoms with E-state index in [0.717, 1.165) is 42.8 Å². The van der Waals surface area contributed by atoms with E-state index in [9.17, 15) is 4.79 Å². The number of aromatic nitrogens is 1. The Balaban J connectivity index is 1.35. The average Bonchev–Trinajstić information content (AvgIpc) is 3.11. The van der Waals surface area contributed by atoms with Crippen molar-refractivity contribution in [1.29, 1.82) is 0 Å². The van der Waals surface area contributed by atoms with E-state index in [1.54, 1.807) is 0 Å². The number of nitrogens with zero attached hydrogens (tertiary/aromatic N) is 2. The third-order valence-corrected chi connectivity index (χ3v) is 6.01. The molecule has 0 N–H and O–H groups in total. The molecule has 2 aliphatic rings. The van der Waals surface area contributed by atoms with Crippen molar-refractivity contribution in [2.24, 2.45) is 0 Å². The first-order valence-corrected chi connectivity index (χ1v) is 10.00. The van der Waals surface area contributed by atoms with Crippen LogP contribution in [0.1, 0.15) is 54.9 Å². The molecule has 5 heteroatoms. The Kier molecular flexibility index (Phi) is 3.93.